The van der Waals surface area contributed by atoms with E-state index in [4.69, 9.17) is 0 Å². The molecule has 0 fully saturated rings. The number of alkyl halides is 1. The van der Waals surface area contributed by atoms with Crippen LogP contribution in [0.3, 0.4) is 0 Å². The summed E-state index contributed by atoms with van der Waals surface area (Å²) in [6.07, 6.45) is 0.853. The van der Waals surface area contributed by atoms with Crippen LogP contribution < -0.4 is 5.32 Å². The molecule has 0 radical (unpaired) electrons. The molecule has 1 amide bonds. The van der Waals surface area contributed by atoms with E-state index in [9.17, 15) is 19.3 Å². The number of nitrogens with zero attached hydrogens (tertiary/aromatic N) is 1. The largest absolute Gasteiger partial charge is 0.351 e. The van der Waals surface area contributed by atoms with Gasteiger partial charge in [0.25, 0.3) is 11.6 Å². The minimum atomic E-state index is -0.700. The van der Waals surface area contributed by atoms with Gasteiger partial charge in [0.1, 0.15) is 11.4 Å². The van der Waals surface area contributed by atoms with Crippen molar-refractivity contribution >= 4 is 27.5 Å². The average Bonchev–Trinajstić information content (AvgIpc) is 2.34. The molecule has 7 heteroatoms. The lowest BCUT2D eigenvalue weighted by molar-refractivity contribution is -0.385. The third-order valence-electron chi connectivity index (χ3n) is 2.61. The van der Waals surface area contributed by atoms with E-state index < -0.39 is 22.3 Å². The Morgan fingerprint density at radius 1 is 1.50 bits per heavy atom. The Morgan fingerprint density at radius 2 is 2.15 bits per heavy atom. The number of amides is 1. The molecule has 0 aliphatic carbocycles. The molecule has 1 atom stereocenters. The molecule has 20 heavy (non-hydrogen) atoms. The molecule has 0 aromatic heterocycles. The lowest BCUT2D eigenvalue weighted by Crippen LogP contribution is -2.30. The van der Waals surface area contributed by atoms with Crippen molar-refractivity contribution < 1.29 is 14.1 Å². The first kappa shape index (κ1) is 16.6. The van der Waals surface area contributed by atoms with Crippen LogP contribution in [0.1, 0.15) is 30.6 Å². The zero-order valence-electron chi connectivity index (χ0n) is 11.2. The molecule has 110 valence electrons. The molecule has 1 aromatic rings. The monoisotopic (exact) mass is 346 g/mol. The standard InChI is InChI=1S/C13H16BrFN2O3/c1-8(2)5-9(14)7-16-13(18)11-6-10(15)3-4-12(11)17(19)20/h3-4,6,8-9H,5,7H2,1-2H3,(H,16,18). The summed E-state index contributed by atoms with van der Waals surface area (Å²) >= 11 is 3.42. The molecule has 1 rings (SSSR count). The molecule has 0 aliphatic heterocycles. The van der Waals surface area contributed by atoms with Gasteiger partial charge in [-0.1, -0.05) is 29.8 Å². The van der Waals surface area contributed by atoms with Crippen LogP contribution >= 0.6 is 15.9 Å². The summed E-state index contributed by atoms with van der Waals surface area (Å²) < 4.78 is 13.1. The maximum Gasteiger partial charge on any atom is 0.282 e. The van der Waals surface area contributed by atoms with Crippen molar-refractivity contribution in [3.63, 3.8) is 0 Å². The first-order valence-electron chi connectivity index (χ1n) is 6.17. The van der Waals surface area contributed by atoms with Gasteiger partial charge in [-0.3, -0.25) is 14.9 Å². The topological polar surface area (TPSA) is 72.2 Å². The van der Waals surface area contributed by atoms with E-state index in [1.54, 1.807) is 0 Å². The van der Waals surface area contributed by atoms with Gasteiger partial charge in [-0.25, -0.2) is 4.39 Å². The van der Waals surface area contributed by atoms with Gasteiger partial charge in [-0.15, -0.1) is 0 Å². The van der Waals surface area contributed by atoms with E-state index in [1.165, 1.54) is 0 Å². The quantitative estimate of drug-likeness (QED) is 0.488. The molecule has 0 spiro atoms. The van der Waals surface area contributed by atoms with Crippen molar-refractivity contribution in [1.29, 1.82) is 0 Å². The van der Waals surface area contributed by atoms with Crippen LogP contribution in [-0.2, 0) is 0 Å². The summed E-state index contributed by atoms with van der Waals surface area (Å²) in [4.78, 5) is 22.1. The van der Waals surface area contributed by atoms with Gasteiger partial charge in [0.15, 0.2) is 0 Å². The lowest BCUT2D eigenvalue weighted by atomic mass is 10.1. The molecule has 5 nitrogen and oxygen atoms in total. The van der Waals surface area contributed by atoms with E-state index in [-0.39, 0.29) is 10.4 Å². The number of nitrogens with one attached hydrogen (secondary N) is 1. The highest BCUT2D eigenvalue weighted by Gasteiger charge is 2.21. The van der Waals surface area contributed by atoms with Gasteiger partial charge in [-0.2, -0.15) is 0 Å². The predicted molar refractivity (Wildman–Crippen MR) is 77.6 cm³/mol. The van der Waals surface area contributed by atoms with Gasteiger partial charge >= 0.3 is 0 Å². The van der Waals surface area contributed by atoms with Crippen molar-refractivity contribution in [2.45, 2.75) is 25.1 Å². The maximum atomic E-state index is 13.1. The molecule has 0 saturated carbocycles. The number of carbonyl (C=O) groups is 1. The maximum absolute atomic E-state index is 13.1. The van der Waals surface area contributed by atoms with Crippen LogP contribution in [0.2, 0.25) is 0 Å². The SMILES string of the molecule is CC(C)CC(Br)CNC(=O)c1cc(F)ccc1[N+](=O)[O-]. The average molecular weight is 347 g/mol. The first-order valence-corrected chi connectivity index (χ1v) is 7.09. The highest BCUT2D eigenvalue weighted by Crippen LogP contribution is 2.19. The highest BCUT2D eigenvalue weighted by atomic mass is 79.9. The predicted octanol–water partition coefficient (Wildman–Crippen LogP) is 3.27. The summed E-state index contributed by atoms with van der Waals surface area (Å²) in [5, 5.41) is 13.4. The fourth-order valence-electron chi connectivity index (χ4n) is 1.74. The van der Waals surface area contributed by atoms with Gasteiger partial charge in [0.2, 0.25) is 0 Å². The number of hydrogen-bond acceptors (Lipinski definition) is 3. The third-order valence-corrected chi connectivity index (χ3v) is 3.31. The second kappa shape index (κ2) is 7.33. The van der Waals surface area contributed by atoms with Gasteiger partial charge in [0, 0.05) is 17.4 Å². The second-order valence-electron chi connectivity index (χ2n) is 4.86. The molecule has 0 bridgehead atoms. The third kappa shape index (κ3) is 4.88. The second-order valence-corrected chi connectivity index (χ2v) is 6.15. The number of nitro groups is 1. The zero-order chi connectivity index (χ0) is 15.3. The van der Waals surface area contributed by atoms with Crippen LogP contribution in [-0.4, -0.2) is 22.2 Å². The van der Waals surface area contributed by atoms with Crippen LogP contribution in [0.5, 0.6) is 0 Å². The molecule has 0 aliphatic rings. The summed E-state index contributed by atoms with van der Waals surface area (Å²) in [7, 11) is 0. The fraction of sp³-hybridized carbons (Fsp3) is 0.462. The Hall–Kier alpha value is -1.50. The smallest absolute Gasteiger partial charge is 0.282 e. The molecule has 0 heterocycles. The Kier molecular flexibility index (Phi) is 6.06. The van der Waals surface area contributed by atoms with Crippen LogP contribution in [0.4, 0.5) is 10.1 Å². The van der Waals surface area contributed by atoms with E-state index in [1.807, 2.05) is 13.8 Å². The molecule has 1 N–H and O–H groups in total. The van der Waals surface area contributed by atoms with Crippen molar-refractivity contribution in [2.75, 3.05) is 6.54 Å². The summed E-state index contributed by atoms with van der Waals surface area (Å²) in [5.74, 6) is -0.873. The molecule has 1 unspecified atom stereocenters. The van der Waals surface area contributed by atoms with Crippen LogP contribution in [0.25, 0.3) is 0 Å². The van der Waals surface area contributed by atoms with E-state index in [2.05, 4.69) is 21.2 Å². The first-order chi connectivity index (χ1) is 9.31. The minimum Gasteiger partial charge on any atom is -0.351 e. The number of rotatable bonds is 6. The molecular weight excluding hydrogens is 331 g/mol. The number of hydrogen-bond donors (Lipinski definition) is 1. The summed E-state index contributed by atoms with van der Waals surface area (Å²) in [6.45, 7) is 4.42. The number of carbonyl (C=O) groups excluding carboxylic acids is 1. The van der Waals surface area contributed by atoms with Gasteiger partial charge in [-0.05, 0) is 24.5 Å². The van der Waals surface area contributed by atoms with Crippen LogP contribution in [0, 0.1) is 21.8 Å². The van der Waals surface area contributed by atoms with Gasteiger partial charge in [0.05, 0.1) is 4.92 Å². The normalized spacial score (nSPS) is 12.2. The van der Waals surface area contributed by atoms with Crippen molar-refractivity contribution in [2.24, 2.45) is 5.92 Å². The molecule has 1 aromatic carbocycles. The minimum absolute atomic E-state index is 0.0686. The molecular formula is C13H16BrFN2O3. The van der Waals surface area contributed by atoms with Crippen molar-refractivity contribution in [1.82, 2.24) is 5.32 Å². The molecule has 0 saturated heterocycles. The van der Waals surface area contributed by atoms with E-state index in [0.29, 0.717) is 12.5 Å². The van der Waals surface area contributed by atoms with Crippen molar-refractivity contribution in [3.8, 4) is 0 Å². The lowest BCUT2D eigenvalue weighted by Gasteiger charge is -2.13. The number of benzene rings is 1. The van der Waals surface area contributed by atoms with E-state index >= 15 is 0 Å². The highest BCUT2D eigenvalue weighted by molar-refractivity contribution is 9.09. The fourth-order valence-corrected chi connectivity index (χ4v) is 2.65. The summed E-state index contributed by atoms with van der Waals surface area (Å²) in [6, 6.07) is 2.82. The Labute approximate surface area is 124 Å². The van der Waals surface area contributed by atoms with E-state index in [0.717, 1.165) is 24.6 Å². The Bertz CT molecular complexity index is 508. The van der Waals surface area contributed by atoms with Gasteiger partial charge < -0.3 is 5.32 Å². The zero-order valence-corrected chi connectivity index (χ0v) is 12.8. The Morgan fingerprint density at radius 3 is 2.70 bits per heavy atom. The Balaban J connectivity index is 2.77. The number of halogens is 2. The van der Waals surface area contributed by atoms with Crippen LogP contribution in [0.15, 0.2) is 18.2 Å². The van der Waals surface area contributed by atoms with Crippen molar-refractivity contribution in [3.05, 3.63) is 39.7 Å². The number of nitro benzene ring substituents is 1. The summed E-state index contributed by atoms with van der Waals surface area (Å²) in [5.41, 5.74) is -0.668.